The second-order valence-electron chi connectivity index (χ2n) is 8.90. The molecule has 1 saturated heterocycles. The number of aryl methyl sites for hydroxylation is 2. The van der Waals surface area contributed by atoms with Crippen LogP contribution in [0.3, 0.4) is 0 Å². The van der Waals surface area contributed by atoms with Crippen LogP contribution in [0, 0.1) is 13.8 Å². The zero-order valence-corrected chi connectivity index (χ0v) is 19.5. The van der Waals surface area contributed by atoms with Gasteiger partial charge < -0.3 is 15.1 Å². The van der Waals surface area contributed by atoms with Gasteiger partial charge in [-0.2, -0.15) is 5.10 Å². The first-order valence-corrected chi connectivity index (χ1v) is 11.6. The number of nitrogens with one attached hydrogen (secondary N) is 1. The van der Waals surface area contributed by atoms with Gasteiger partial charge in [-0.05, 0) is 69.3 Å². The second kappa shape index (κ2) is 8.83. The molecule has 0 spiro atoms. The summed E-state index contributed by atoms with van der Waals surface area (Å²) in [6, 6.07) is 16.2. The number of rotatable bonds is 5. The van der Waals surface area contributed by atoms with E-state index in [1.54, 1.807) is 0 Å². The van der Waals surface area contributed by atoms with Gasteiger partial charge in [-0.15, -0.1) is 0 Å². The molecule has 3 heterocycles. The average Bonchev–Trinajstić information content (AvgIpc) is 3.19. The van der Waals surface area contributed by atoms with Crippen molar-refractivity contribution in [2.45, 2.75) is 26.7 Å². The van der Waals surface area contributed by atoms with E-state index in [0.717, 1.165) is 65.4 Å². The lowest BCUT2D eigenvalue weighted by atomic mass is 10.1. The molecule has 170 valence electrons. The van der Waals surface area contributed by atoms with E-state index in [0.29, 0.717) is 12.8 Å². The van der Waals surface area contributed by atoms with Crippen LogP contribution in [0.4, 0.5) is 11.4 Å². The summed E-state index contributed by atoms with van der Waals surface area (Å²) in [5.74, 6) is 0.00636. The molecule has 1 fully saturated rings. The van der Waals surface area contributed by atoms with Crippen molar-refractivity contribution in [1.29, 1.82) is 0 Å². The summed E-state index contributed by atoms with van der Waals surface area (Å²) in [6.45, 7) is 8.28. The molecule has 5 rings (SSSR count). The van der Waals surface area contributed by atoms with Crippen molar-refractivity contribution < 1.29 is 4.79 Å². The molecule has 0 saturated carbocycles. The van der Waals surface area contributed by atoms with E-state index in [-0.39, 0.29) is 5.91 Å². The lowest BCUT2D eigenvalue weighted by Gasteiger charge is -2.34. The summed E-state index contributed by atoms with van der Waals surface area (Å²) < 4.78 is 1.90. The summed E-state index contributed by atoms with van der Waals surface area (Å²) >= 11 is 0. The van der Waals surface area contributed by atoms with E-state index in [2.05, 4.69) is 41.2 Å². The van der Waals surface area contributed by atoms with Crippen molar-refractivity contribution in [1.82, 2.24) is 19.5 Å². The van der Waals surface area contributed by atoms with Crippen molar-refractivity contribution in [3.63, 3.8) is 0 Å². The number of aromatic nitrogens is 3. The number of amides is 1. The molecule has 1 N–H and O–H groups in total. The molecular weight excluding hydrogens is 412 g/mol. The highest BCUT2D eigenvalue weighted by Crippen LogP contribution is 2.23. The first-order chi connectivity index (χ1) is 16.0. The van der Waals surface area contributed by atoms with Crippen molar-refractivity contribution in [2.24, 2.45) is 0 Å². The van der Waals surface area contributed by atoms with Crippen LogP contribution < -0.4 is 10.2 Å². The molecule has 0 bridgehead atoms. The fourth-order valence-electron chi connectivity index (χ4n) is 4.62. The van der Waals surface area contributed by atoms with Crippen molar-refractivity contribution in [3.05, 3.63) is 65.5 Å². The van der Waals surface area contributed by atoms with Crippen molar-refractivity contribution >= 4 is 33.8 Å². The average molecular weight is 443 g/mol. The van der Waals surface area contributed by atoms with Gasteiger partial charge in [0.1, 0.15) is 0 Å². The minimum absolute atomic E-state index is 0.00636. The van der Waals surface area contributed by atoms with Crippen LogP contribution in [0.2, 0.25) is 0 Å². The molecule has 7 heteroatoms. The van der Waals surface area contributed by atoms with Crippen LogP contribution in [0.5, 0.6) is 0 Å². The van der Waals surface area contributed by atoms with Crippen LogP contribution in [-0.2, 0) is 11.2 Å². The lowest BCUT2D eigenvalue weighted by molar-refractivity contribution is -0.116. The molecular formula is C26H30N6O. The van der Waals surface area contributed by atoms with Gasteiger partial charge in [0, 0.05) is 60.7 Å². The molecule has 0 unspecified atom stereocenters. The van der Waals surface area contributed by atoms with Crippen LogP contribution in [-0.4, -0.2) is 58.6 Å². The third-order valence-electron chi connectivity index (χ3n) is 6.64. The number of benzene rings is 2. The Morgan fingerprint density at radius 1 is 1.00 bits per heavy atom. The Morgan fingerprint density at radius 2 is 1.73 bits per heavy atom. The Kier molecular flexibility index (Phi) is 5.72. The number of carbonyl (C=O) groups excluding carboxylic acids is 1. The Hall–Kier alpha value is -3.45. The minimum Gasteiger partial charge on any atom is -0.369 e. The van der Waals surface area contributed by atoms with E-state index in [1.807, 2.05) is 47.8 Å². The molecule has 4 aromatic rings. The van der Waals surface area contributed by atoms with Gasteiger partial charge in [0.05, 0.1) is 5.52 Å². The summed E-state index contributed by atoms with van der Waals surface area (Å²) in [5, 5.41) is 8.80. The maximum absolute atomic E-state index is 12.7. The lowest BCUT2D eigenvalue weighted by Crippen LogP contribution is -2.44. The summed E-state index contributed by atoms with van der Waals surface area (Å²) in [5.41, 5.74) is 6.91. The maximum atomic E-state index is 12.7. The fraction of sp³-hybridized carbons (Fsp3) is 0.346. The fourth-order valence-corrected chi connectivity index (χ4v) is 4.62. The van der Waals surface area contributed by atoms with Gasteiger partial charge >= 0.3 is 0 Å². The summed E-state index contributed by atoms with van der Waals surface area (Å²) in [4.78, 5) is 22.2. The Morgan fingerprint density at radius 3 is 2.48 bits per heavy atom. The number of carbonyl (C=O) groups is 1. The molecule has 1 amide bonds. The highest BCUT2D eigenvalue weighted by Gasteiger charge is 2.16. The molecule has 33 heavy (non-hydrogen) atoms. The van der Waals surface area contributed by atoms with Crippen molar-refractivity contribution in [2.75, 3.05) is 43.4 Å². The predicted molar refractivity (Wildman–Crippen MR) is 133 cm³/mol. The van der Waals surface area contributed by atoms with E-state index in [1.165, 1.54) is 5.69 Å². The maximum Gasteiger partial charge on any atom is 0.224 e. The zero-order chi connectivity index (χ0) is 22.9. The second-order valence-corrected chi connectivity index (χ2v) is 8.90. The van der Waals surface area contributed by atoms with E-state index < -0.39 is 0 Å². The number of anilines is 2. The molecule has 1 aliphatic rings. The van der Waals surface area contributed by atoms with Gasteiger partial charge in [-0.3, -0.25) is 4.79 Å². The predicted octanol–water partition coefficient (Wildman–Crippen LogP) is 3.82. The third kappa shape index (κ3) is 4.28. The van der Waals surface area contributed by atoms with Gasteiger partial charge in [0.25, 0.3) is 0 Å². The molecule has 2 aromatic carbocycles. The molecule has 0 radical (unpaired) electrons. The van der Waals surface area contributed by atoms with Gasteiger partial charge in [-0.1, -0.05) is 12.1 Å². The molecule has 0 aliphatic carbocycles. The Labute approximate surface area is 194 Å². The molecule has 7 nitrogen and oxygen atoms in total. The summed E-state index contributed by atoms with van der Waals surface area (Å²) in [7, 11) is 2.16. The SMILES string of the molecule is Cc1nc2c3ccccc3nn2c(C)c1CCC(=O)Nc1ccc(N2CCN(C)CC2)cc1. The van der Waals surface area contributed by atoms with Gasteiger partial charge in [0.15, 0.2) is 5.65 Å². The highest BCUT2D eigenvalue weighted by atomic mass is 16.1. The standard InChI is InChI=1S/C26H30N6O/c1-18-22(19(2)32-26(27-18)23-6-4-5-7-24(23)29-32)12-13-25(33)28-20-8-10-21(11-9-20)31-16-14-30(3)15-17-31/h4-11H,12-17H2,1-3H3,(H,28,33). The smallest absolute Gasteiger partial charge is 0.224 e. The van der Waals surface area contributed by atoms with E-state index in [4.69, 9.17) is 10.1 Å². The normalized spacial score (nSPS) is 14.8. The summed E-state index contributed by atoms with van der Waals surface area (Å²) in [6.07, 6.45) is 1.03. The Balaban J connectivity index is 1.25. The molecule has 0 atom stereocenters. The number of piperazine rings is 1. The first-order valence-electron chi connectivity index (χ1n) is 11.6. The van der Waals surface area contributed by atoms with E-state index in [9.17, 15) is 4.79 Å². The van der Waals surface area contributed by atoms with Crippen LogP contribution >= 0.6 is 0 Å². The largest absolute Gasteiger partial charge is 0.369 e. The number of hydrogen-bond donors (Lipinski definition) is 1. The number of likely N-dealkylation sites (N-methyl/N-ethyl adjacent to an activating group) is 1. The third-order valence-corrected chi connectivity index (χ3v) is 6.64. The molecule has 1 aliphatic heterocycles. The number of fused-ring (bicyclic) bond motifs is 3. The van der Waals surface area contributed by atoms with Gasteiger partial charge in [-0.25, -0.2) is 9.50 Å². The van der Waals surface area contributed by atoms with Crippen LogP contribution in [0.1, 0.15) is 23.4 Å². The van der Waals surface area contributed by atoms with E-state index >= 15 is 0 Å². The first kappa shape index (κ1) is 21.4. The topological polar surface area (TPSA) is 65.8 Å². The monoisotopic (exact) mass is 442 g/mol. The minimum atomic E-state index is 0.00636. The Bertz CT molecular complexity index is 1300. The molecule has 2 aromatic heterocycles. The number of nitrogens with zero attached hydrogens (tertiary/aromatic N) is 5. The van der Waals surface area contributed by atoms with Crippen molar-refractivity contribution in [3.8, 4) is 0 Å². The zero-order valence-electron chi connectivity index (χ0n) is 19.5. The van der Waals surface area contributed by atoms with Gasteiger partial charge in [0.2, 0.25) is 5.91 Å². The van der Waals surface area contributed by atoms with Crippen LogP contribution in [0.15, 0.2) is 48.5 Å². The highest BCUT2D eigenvalue weighted by molar-refractivity contribution is 5.92. The number of hydrogen-bond acceptors (Lipinski definition) is 5. The quantitative estimate of drug-likeness (QED) is 0.509. The van der Waals surface area contributed by atoms with Crippen LogP contribution in [0.25, 0.3) is 16.6 Å².